The van der Waals surface area contributed by atoms with Crippen LogP contribution in [0.25, 0.3) is 0 Å². The maximum absolute atomic E-state index is 5.74. The summed E-state index contributed by atoms with van der Waals surface area (Å²) in [6.45, 7) is 7.75. The van der Waals surface area contributed by atoms with Crippen LogP contribution in [0.15, 0.2) is 24.3 Å². The van der Waals surface area contributed by atoms with Crippen molar-refractivity contribution in [1.29, 1.82) is 0 Å². The lowest BCUT2D eigenvalue weighted by molar-refractivity contribution is 0.148. The molecule has 0 bridgehead atoms. The molecular formula is C15H22N2O. The number of nitrogens with one attached hydrogen (secondary N) is 1. The molecule has 0 spiro atoms. The fourth-order valence-corrected chi connectivity index (χ4v) is 3.04. The van der Waals surface area contributed by atoms with E-state index in [2.05, 4.69) is 41.4 Å². The van der Waals surface area contributed by atoms with Crippen molar-refractivity contribution in [3.63, 3.8) is 0 Å². The van der Waals surface area contributed by atoms with E-state index in [0.717, 1.165) is 31.9 Å². The largest absolute Gasteiger partial charge is 0.493 e. The fraction of sp³-hybridized carbons (Fsp3) is 0.600. The number of hydrogen-bond acceptors (Lipinski definition) is 3. The SMILES string of the molecule is CC1CNCCN1CC1CCOc2ccccc21. The first-order chi connectivity index (χ1) is 8.84. The van der Waals surface area contributed by atoms with Gasteiger partial charge in [-0.1, -0.05) is 18.2 Å². The van der Waals surface area contributed by atoms with Crippen molar-refractivity contribution < 1.29 is 4.74 Å². The summed E-state index contributed by atoms with van der Waals surface area (Å²) >= 11 is 0. The van der Waals surface area contributed by atoms with Crippen molar-refractivity contribution in [3.05, 3.63) is 29.8 Å². The Morgan fingerprint density at radius 1 is 1.39 bits per heavy atom. The molecule has 0 radical (unpaired) electrons. The van der Waals surface area contributed by atoms with Gasteiger partial charge >= 0.3 is 0 Å². The van der Waals surface area contributed by atoms with Gasteiger partial charge in [0.05, 0.1) is 6.61 Å². The Morgan fingerprint density at radius 3 is 3.17 bits per heavy atom. The summed E-state index contributed by atoms with van der Waals surface area (Å²) in [5.41, 5.74) is 1.40. The number of ether oxygens (including phenoxy) is 1. The van der Waals surface area contributed by atoms with Crippen molar-refractivity contribution in [2.75, 3.05) is 32.8 Å². The lowest BCUT2D eigenvalue weighted by Gasteiger charge is -2.37. The lowest BCUT2D eigenvalue weighted by atomic mass is 9.92. The molecule has 18 heavy (non-hydrogen) atoms. The third-order valence-electron chi connectivity index (χ3n) is 4.18. The molecule has 1 aromatic carbocycles. The number of hydrogen-bond donors (Lipinski definition) is 1. The lowest BCUT2D eigenvalue weighted by Crippen LogP contribution is -2.51. The summed E-state index contributed by atoms with van der Waals surface area (Å²) in [5.74, 6) is 1.73. The van der Waals surface area contributed by atoms with E-state index in [0.29, 0.717) is 12.0 Å². The van der Waals surface area contributed by atoms with E-state index in [9.17, 15) is 0 Å². The van der Waals surface area contributed by atoms with Crippen molar-refractivity contribution >= 4 is 0 Å². The van der Waals surface area contributed by atoms with Crippen molar-refractivity contribution in [2.24, 2.45) is 0 Å². The van der Waals surface area contributed by atoms with E-state index in [1.165, 1.54) is 18.7 Å². The van der Waals surface area contributed by atoms with Crippen LogP contribution in [0.2, 0.25) is 0 Å². The maximum Gasteiger partial charge on any atom is 0.122 e. The Kier molecular flexibility index (Phi) is 3.52. The summed E-state index contributed by atoms with van der Waals surface area (Å²) in [6, 6.07) is 9.17. The molecule has 1 saturated heterocycles. The van der Waals surface area contributed by atoms with Gasteiger partial charge in [-0.2, -0.15) is 0 Å². The molecular weight excluding hydrogens is 224 g/mol. The normalized spacial score (nSPS) is 28.5. The zero-order valence-corrected chi connectivity index (χ0v) is 11.1. The van der Waals surface area contributed by atoms with Gasteiger partial charge in [-0.05, 0) is 25.0 Å². The van der Waals surface area contributed by atoms with Crippen LogP contribution in [-0.2, 0) is 0 Å². The highest BCUT2D eigenvalue weighted by molar-refractivity contribution is 5.37. The number of benzene rings is 1. The molecule has 3 nitrogen and oxygen atoms in total. The molecule has 0 aliphatic carbocycles. The Bertz CT molecular complexity index is 407. The summed E-state index contributed by atoms with van der Waals surface area (Å²) in [7, 11) is 0. The van der Waals surface area contributed by atoms with E-state index < -0.39 is 0 Å². The summed E-state index contributed by atoms with van der Waals surface area (Å²) in [6.07, 6.45) is 1.15. The summed E-state index contributed by atoms with van der Waals surface area (Å²) < 4.78 is 5.74. The van der Waals surface area contributed by atoms with Crippen molar-refractivity contribution in [3.8, 4) is 5.75 Å². The molecule has 0 amide bonds. The maximum atomic E-state index is 5.74. The van der Waals surface area contributed by atoms with Crippen LogP contribution < -0.4 is 10.1 Å². The van der Waals surface area contributed by atoms with Gasteiger partial charge in [0, 0.05) is 38.1 Å². The van der Waals surface area contributed by atoms with E-state index in [-0.39, 0.29) is 0 Å². The molecule has 2 aliphatic heterocycles. The Morgan fingerprint density at radius 2 is 2.28 bits per heavy atom. The zero-order valence-electron chi connectivity index (χ0n) is 11.1. The molecule has 2 heterocycles. The van der Waals surface area contributed by atoms with Gasteiger partial charge in [0.2, 0.25) is 0 Å². The molecule has 1 fully saturated rings. The van der Waals surface area contributed by atoms with Gasteiger partial charge in [-0.25, -0.2) is 0 Å². The highest BCUT2D eigenvalue weighted by Gasteiger charge is 2.26. The van der Waals surface area contributed by atoms with Gasteiger partial charge in [0.25, 0.3) is 0 Å². The fourth-order valence-electron chi connectivity index (χ4n) is 3.04. The van der Waals surface area contributed by atoms with Gasteiger partial charge < -0.3 is 10.1 Å². The molecule has 2 aliphatic rings. The van der Waals surface area contributed by atoms with E-state index in [1.54, 1.807) is 0 Å². The molecule has 3 heteroatoms. The van der Waals surface area contributed by atoms with Crippen LogP contribution in [0.5, 0.6) is 5.75 Å². The highest BCUT2D eigenvalue weighted by atomic mass is 16.5. The standard InChI is InChI=1S/C15H22N2O/c1-12-10-16-7-8-17(12)11-13-6-9-18-15-5-3-2-4-14(13)15/h2-5,12-13,16H,6-11H2,1H3. The topological polar surface area (TPSA) is 24.5 Å². The molecule has 1 aromatic rings. The number of nitrogens with zero attached hydrogens (tertiary/aromatic N) is 1. The molecule has 98 valence electrons. The second kappa shape index (κ2) is 5.29. The van der Waals surface area contributed by atoms with Gasteiger partial charge in [0.15, 0.2) is 0 Å². The van der Waals surface area contributed by atoms with Gasteiger partial charge in [-0.15, -0.1) is 0 Å². The average Bonchev–Trinajstić information content (AvgIpc) is 2.42. The van der Waals surface area contributed by atoms with Crippen molar-refractivity contribution in [1.82, 2.24) is 10.2 Å². The van der Waals surface area contributed by atoms with Crippen LogP contribution in [0, 0.1) is 0 Å². The average molecular weight is 246 g/mol. The molecule has 0 aromatic heterocycles. The minimum Gasteiger partial charge on any atom is -0.493 e. The first kappa shape index (κ1) is 12.0. The van der Waals surface area contributed by atoms with Crippen LogP contribution >= 0.6 is 0 Å². The second-order valence-electron chi connectivity index (χ2n) is 5.42. The third kappa shape index (κ3) is 2.38. The molecule has 2 atom stereocenters. The monoisotopic (exact) mass is 246 g/mol. The number of piperazine rings is 1. The van der Waals surface area contributed by atoms with Gasteiger partial charge in [0.1, 0.15) is 5.75 Å². The zero-order chi connectivity index (χ0) is 12.4. The molecule has 2 unspecified atom stereocenters. The van der Waals surface area contributed by atoms with Crippen LogP contribution in [0.1, 0.15) is 24.8 Å². The number of para-hydroxylation sites is 1. The van der Waals surface area contributed by atoms with Crippen LogP contribution in [0.3, 0.4) is 0 Å². The number of rotatable bonds is 2. The minimum atomic E-state index is 0.635. The van der Waals surface area contributed by atoms with E-state index in [4.69, 9.17) is 4.74 Å². The predicted octanol–water partition coefficient (Wildman–Crippen LogP) is 1.85. The summed E-state index contributed by atoms with van der Waals surface area (Å²) in [5, 5.41) is 3.45. The van der Waals surface area contributed by atoms with E-state index in [1.807, 2.05) is 0 Å². The summed E-state index contributed by atoms with van der Waals surface area (Å²) in [4.78, 5) is 2.61. The first-order valence-electron chi connectivity index (χ1n) is 7.01. The molecule has 0 saturated carbocycles. The quantitative estimate of drug-likeness (QED) is 0.862. The predicted molar refractivity (Wildman–Crippen MR) is 73.2 cm³/mol. The Balaban J connectivity index is 1.73. The smallest absolute Gasteiger partial charge is 0.122 e. The minimum absolute atomic E-state index is 0.635. The third-order valence-corrected chi connectivity index (χ3v) is 4.18. The highest BCUT2D eigenvalue weighted by Crippen LogP contribution is 2.34. The van der Waals surface area contributed by atoms with Crippen LogP contribution in [0.4, 0.5) is 0 Å². The number of fused-ring (bicyclic) bond motifs is 1. The van der Waals surface area contributed by atoms with Crippen LogP contribution in [-0.4, -0.2) is 43.7 Å². The molecule has 3 rings (SSSR count). The van der Waals surface area contributed by atoms with E-state index >= 15 is 0 Å². The first-order valence-corrected chi connectivity index (χ1v) is 7.01. The Labute approximate surface area is 109 Å². The Hall–Kier alpha value is -1.06. The van der Waals surface area contributed by atoms with Crippen molar-refractivity contribution in [2.45, 2.75) is 25.3 Å². The van der Waals surface area contributed by atoms with Gasteiger partial charge in [-0.3, -0.25) is 4.90 Å². The molecule has 1 N–H and O–H groups in total. The second-order valence-corrected chi connectivity index (χ2v) is 5.42.